The van der Waals surface area contributed by atoms with Crippen LogP contribution in [0.4, 0.5) is 0 Å². The SMILES string of the molecule is C[C@H](CCl)N1CCCCCC1. The van der Waals surface area contributed by atoms with Gasteiger partial charge in [-0.25, -0.2) is 0 Å². The molecule has 1 heterocycles. The maximum atomic E-state index is 5.80. The molecule has 1 aliphatic heterocycles. The van der Waals surface area contributed by atoms with Gasteiger partial charge < -0.3 is 0 Å². The van der Waals surface area contributed by atoms with Crippen LogP contribution in [0.2, 0.25) is 0 Å². The number of likely N-dealkylation sites (tertiary alicyclic amines) is 1. The van der Waals surface area contributed by atoms with Crippen LogP contribution in [0, 0.1) is 0 Å². The minimum Gasteiger partial charge on any atom is -0.299 e. The van der Waals surface area contributed by atoms with Crippen LogP contribution in [0.3, 0.4) is 0 Å². The van der Waals surface area contributed by atoms with Crippen molar-refractivity contribution >= 4 is 11.6 Å². The Morgan fingerprint density at radius 3 is 2.18 bits per heavy atom. The van der Waals surface area contributed by atoms with Gasteiger partial charge in [0.2, 0.25) is 0 Å². The van der Waals surface area contributed by atoms with E-state index in [9.17, 15) is 0 Å². The second-order valence-corrected chi connectivity index (χ2v) is 3.76. The quantitative estimate of drug-likeness (QED) is 0.583. The Kier molecular flexibility index (Phi) is 4.24. The summed E-state index contributed by atoms with van der Waals surface area (Å²) in [4.78, 5) is 2.51. The van der Waals surface area contributed by atoms with Crippen LogP contribution in [-0.2, 0) is 0 Å². The number of alkyl halides is 1. The van der Waals surface area contributed by atoms with E-state index < -0.39 is 0 Å². The molecule has 11 heavy (non-hydrogen) atoms. The Morgan fingerprint density at radius 2 is 1.73 bits per heavy atom. The summed E-state index contributed by atoms with van der Waals surface area (Å²) in [6.45, 7) is 4.74. The molecule has 1 saturated heterocycles. The van der Waals surface area contributed by atoms with Crippen LogP contribution >= 0.6 is 11.6 Å². The first kappa shape index (κ1) is 9.34. The number of nitrogens with zero attached hydrogens (tertiary/aromatic N) is 1. The Morgan fingerprint density at radius 1 is 1.18 bits per heavy atom. The predicted molar refractivity (Wildman–Crippen MR) is 50.2 cm³/mol. The van der Waals surface area contributed by atoms with Crippen molar-refractivity contribution in [3.63, 3.8) is 0 Å². The number of hydrogen-bond donors (Lipinski definition) is 0. The molecule has 1 fully saturated rings. The standard InChI is InChI=1S/C9H18ClN/c1-9(8-10)11-6-4-2-3-5-7-11/h9H,2-8H2,1H3/t9-/m1/s1. The molecule has 0 amide bonds. The predicted octanol–water partition coefficient (Wildman–Crippen LogP) is 2.49. The zero-order valence-electron chi connectivity index (χ0n) is 7.35. The van der Waals surface area contributed by atoms with Gasteiger partial charge in [-0.3, -0.25) is 4.90 Å². The molecule has 0 aliphatic carbocycles. The van der Waals surface area contributed by atoms with Gasteiger partial charge >= 0.3 is 0 Å². The molecule has 1 atom stereocenters. The largest absolute Gasteiger partial charge is 0.299 e. The number of hydrogen-bond acceptors (Lipinski definition) is 1. The molecule has 0 aromatic heterocycles. The molecule has 0 radical (unpaired) electrons. The lowest BCUT2D eigenvalue weighted by atomic mass is 10.2. The molecule has 0 aromatic rings. The van der Waals surface area contributed by atoms with E-state index in [1.807, 2.05) is 0 Å². The maximum Gasteiger partial charge on any atom is 0.0376 e. The zero-order chi connectivity index (χ0) is 8.10. The maximum absolute atomic E-state index is 5.80. The molecule has 0 unspecified atom stereocenters. The molecular weight excluding hydrogens is 158 g/mol. The first-order chi connectivity index (χ1) is 5.34. The molecule has 1 aliphatic rings. The van der Waals surface area contributed by atoms with E-state index in [1.165, 1.54) is 38.8 Å². The van der Waals surface area contributed by atoms with Crippen molar-refractivity contribution in [3.8, 4) is 0 Å². The van der Waals surface area contributed by atoms with Gasteiger partial charge in [-0.15, -0.1) is 11.6 Å². The van der Waals surface area contributed by atoms with Crippen LogP contribution in [0.15, 0.2) is 0 Å². The molecular formula is C9H18ClN. The lowest BCUT2D eigenvalue weighted by molar-refractivity contribution is 0.233. The van der Waals surface area contributed by atoms with E-state index in [1.54, 1.807) is 0 Å². The third-order valence-electron chi connectivity index (χ3n) is 2.49. The molecule has 1 rings (SSSR count). The van der Waals surface area contributed by atoms with Crippen molar-refractivity contribution < 1.29 is 0 Å². The summed E-state index contributed by atoms with van der Waals surface area (Å²) in [7, 11) is 0. The smallest absolute Gasteiger partial charge is 0.0376 e. The van der Waals surface area contributed by atoms with Gasteiger partial charge in [0, 0.05) is 11.9 Å². The second-order valence-electron chi connectivity index (χ2n) is 3.45. The fraction of sp³-hybridized carbons (Fsp3) is 1.00. The topological polar surface area (TPSA) is 3.24 Å². The van der Waals surface area contributed by atoms with E-state index in [-0.39, 0.29) is 0 Å². The Bertz CT molecular complexity index is 97.7. The van der Waals surface area contributed by atoms with Crippen LogP contribution in [0.1, 0.15) is 32.6 Å². The summed E-state index contributed by atoms with van der Waals surface area (Å²) in [6.07, 6.45) is 5.54. The van der Waals surface area contributed by atoms with Crippen molar-refractivity contribution in [1.82, 2.24) is 4.90 Å². The van der Waals surface area contributed by atoms with E-state index in [0.29, 0.717) is 6.04 Å². The van der Waals surface area contributed by atoms with Crippen LogP contribution in [-0.4, -0.2) is 29.9 Å². The summed E-state index contributed by atoms with van der Waals surface area (Å²) in [6, 6.07) is 0.578. The fourth-order valence-corrected chi connectivity index (χ4v) is 1.83. The van der Waals surface area contributed by atoms with Crippen molar-refractivity contribution in [3.05, 3.63) is 0 Å². The Labute approximate surface area is 74.7 Å². The summed E-state index contributed by atoms with van der Waals surface area (Å²) >= 11 is 5.80. The summed E-state index contributed by atoms with van der Waals surface area (Å²) in [5.74, 6) is 0.778. The highest BCUT2D eigenvalue weighted by Crippen LogP contribution is 2.12. The van der Waals surface area contributed by atoms with Crippen LogP contribution < -0.4 is 0 Å². The van der Waals surface area contributed by atoms with Gasteiger partial charge in [-0.2, -0.15) is 0 Å². The molecule has 0 spiro atoms. The highest BCUT2D eigenvalue weighted by atomic mass is 35.5. The average Bonchev–Trinajstić information content (AvgIpc) is 2.30. The van der Waals surface area contributed by atoms with Gasteiger partial charge in [0.1, 0.15) is 0 Å². The molecule has 0 aromatic carbocycles. The molecule has 0 N–H and O–H groups in total. The van der Waals surface area contributed by atoms with Gasteiger partial charge in [-0.1, -0.05) is 12.8 Å². The van der Waals surface area contributed by atoms with Crippen molar-refractivity contribution in [2.24, 2.45) is 0 Å². The van der Waals surface area contributed by atoms with Crippen LogP contribution in [0.25, 0.3) is 0 Å². The first-order valence-electron chi connectivity index (χ1n) is 4.64. The van der Waals surface area contributed by atoms with Crippen molar-refractivity contribution in [2.75, 3.05) is 19.0 Å². The van der Waals surface area contributed by atoms with Gasteiger partial charge in [0.15, 0.2) is 0 Å². The third kappa shape index (κ3) is 3.00. The Hall–Kier alpha value is 0.250. The first-order valence-corrected chi connectivity index (χ1v) is 5.18. The number of halogens is 1. The summed E-state index contributed by atoms with van der Waals surface area (Å²) < 4.78 is 0. The van der Waals surface area contributed by atoms with Crippen LogP contribution in [0.5, 0.6) is 0 Å². The van der Waals surface area contributed by atoms with Gasteiger partial charge in [-0.05, 0) is 32.9 Å². The molecule has 2 heteroatoms. The van der Waals surface area contributed by atoms with Crippen molar-refractivity contribution in [1.29, 1.82) is 0 Å². The Balaban J connectivity index is 2.30. The van der Waals surface area contributed by atoms with Gasteiger partial charge in [0.05, 0.1) is 0 Å². The molecule has 1 nitrogen and oxygen atoms in total. The fourth-order valence-electron chi connectivity index (χ4n) is 1.63. The summed E-state index contributed by atoms with van der Waals surface area (Å²) in [5, 5.41) is 0. The highest BCUT2D eigenvalue weighted by Gasteiger charge is 2.13. The summed E-state index contributed by atoms with van der Waals surface area (Å²) in [5.41, 5.74) is 0. The van der Waals surface area contributed by atoms with Gasteiger partial charge in [0.25, 0.3) is 0 Å². The minimum atomic E-state index is 0.578. The monoisotopic (exact) mass is 175 g/mol. The third-order valence-corrected chi connectivity index (χ3v) is 2.93. The molecule has 66 valence electrons. The van der Waals surface area contributed by atoms with E-state index >= 15 is 0 Å². The number of rotatable bonds is 2. The zero-order valence-corrected chi connectivity index (χ0v) is 8.11. The molecule has 0 saturated carbocycles. The van der Waals surface area contributed by atoms with E-state index in [4.69, 9.17) is 11.6 Å². The van der Waals surface area contributed by atoms with E-state index in [2.05, 4.69) is 11.8 Å². The second kappa shape index (κ2) is 5.00. The lowest BCUT2D eigenvalue weighted by Crippen LogP contribution is -2.34. The molecule has 0 bridgehead atoms. The minimum absolute atomic E-state index is 0.578. The van der Waals surface area contributed by atoms with E-state index in [0.717, 1.165) is 5.88 Å². The highest BCUT2D eigenvalue weighted by molar-refractivity contribution is 6.18. The van der Waals surface area contributed by atoms with Crippen molar-refractivity contribution in [2.45, 2.75) is 38.6 Å². The normalized spacial score (nSPS) is 24.5. The average molecular weight is 176 g/mol. The lowest BCUT2D eigenvalue weighted by Gasteiger charge is -2.25.